The van der Waals surface area contributed by atoms with E-state index in [2.05, 4.69) is 4.98 Å². The van der Waals surface area contributed by atoms with Crippen molar-refractivity contribution in [2.45, 2.75) is 13.0 Å². The molecular weight excluding hydrogens is 211 g/mol. The molecule has 0 saturated carbocycles. The number of nitrogens with zero attached hydrogens (tertiary/aromatic N) is 1. The molecule has 1 unspecified atom stereocenters. The molecule has 0 amide bonds. The van der Waals surface area contributed by atoms with Crippen LogP contribution in [-0.4, -0.2) is 4.98 Å². The summed E-state index contributed by atoms with van der Waals surface area (Å²) in [6.07, 6.45) is 2.74. The standard InChI is InChI=1S/C11H11FN2S/c1-7-2-3-10(15-7)11(13)8-4-5-14-6-9(8)12/h2-6,11H,13H2,1H3. The second-order valence-corrected chi connectivity index (χ2v) is 4.64. The van der Waals surface area contributed by atoms with E-state index in [0.717, 1.165) is 4.88 Å². The van der Waals surface area contributed by atoms with Gasteiger partial charge in [-0.15, -0.1) is 11.3 Å². The van der Waals surface area contributed by atoms with Gasteiger partial charge >= 0.3 is 0 Å². The molecule has 2 aromatic heterocycles. The first-order chi connectivity index (χ1) is 7.18. The van der Waals surface area contributed by atoms with E-state index in [0.29, 0.717) is 5.56 Å². The zero-order valence-corrected chi connectivity index (χ0v) is 9.09. The fourth-order valence-electron chi connectivity index (χ4n) is 1.41. The highest BCUT2D eigenvalue weighted by Gasteiger charge is 2.14. The van der Waals surface area contributed by atoms with Crippen molar-refractivity contribution in [3.05, 3.63) is 51.7 Å². The third-order valence-corrected chi connectivity index (χ3v) is 3.29. The van der Waals surface area contributed by atoms with Gasteiger partial charge in [-0.25, -0.2) is 4.39 Å². The van der Waals surface area contributed by atoms with Crippen LogP contribution in [0.2, 0.25) is 0 Å². The van der Waals surface area contributed by atoms with E-state index in [-0.39, 0.29) is 5.82 Å². The summed E-state index contributed by atoms with van der Waals surface area (Å²) in [7, 11) is 0. The molecular formula is C11H11FN2S. The molecule has 0 radical (unpaired) electrons. The average Bonchev–Trinajstić information content (AvgIpc) is 2.65. The van der Waals surface area contributed by atoms with Crippen LogP contribution >= 0.6 is 11.3 Å². The predicted octanol–water partition coefficient (Wildman–Crippen LogP) is 2.64. The smallest absolute Gasteiger partial charge is 0.146 e. The van der Waals surface area contributed by atoms with Crippen LogP contribution in [0.25, 0.3) is 0 Å². The first-order valence-electron chi connectivity index (χ1n) is 4.60. The van der Waals surface area contributed by atoms with Crippen molar-refractivity contribution < 1.29 is 4.39 Å². The molecule has 0 fully saturated rings. The highest BCUT2D eigenvalue weighted by Crippen LogP contribution is 2.27. The molecule has 0 bridgehead atoms. The number of hydrogen-bond donors (Lipinski definition) is 1. The lowest BCUT2D eigenvalue weighted by molar-refractivity contribution is 0.594. The topological polar surface area (TPSA) is 38.9 Å². The summed E-state index contributed by atoms with van der Waals surface area (Å²) in [5.41, 5.74) is 6.47. The van der Waals surface area contributed by atoms with Gasteiger partial charge in [0, 0.05) is 21.5 Å². The van der Waals surface area contributed by atoms with Gasteiger partial charge in [0.15, 0.2) is 0 Å². The molecule has 15 heavy (non-hydrogen) atoms. The van der Waals surface area contributed by atoms with Crippen LogP contribution in [-0.2, 0) is 0 Å². The molecule has 0 saturated heterocycles. The van der Waals surface area contributed by atoms with E-state index < -0.39 is 6.04 Å². The van der Waals surface area contributed by atoms with Crippen LogP contribution in [0.5, 0.6) is 0 Å². The van der Waals surface area contributed by atoms with Crippen molar-refractivity contribution in [3.8, 4) is 0 Å². The number of pyridine rings is 1. The number of thiophene rings is 1. The lowest BCUT2D eigenvalue weighted by Crippen LogP contribution is -2.12. The van der Waals surface area contributed by atoms with Crippen molar-refractivity contribution in [1.29, 1.82) is 0 Å². The molecule has 2 N–H and O–H groups in total. The van der Waals surface area contributed by atoms with Crippen LogP contribution < -0.4 is 5.73 Å². The number of rotatable bonds is 2. The average molecular weight is 222 g/mol. The molecule has 0 spiro atoms. The molecule has 0 aromatic carbocycles. The molecule has 0 aliphatic heterocycles. The van der Waals surface area contributed by atoms with E-state index in [1.165, 1.54) is 11.1 Å². The molecule has 2 heterocycles. The Balaban J connectivity index is 2.36. The zero-order chi connectivity index (χ0) is 10.8. The maximum Gasteiger partial charge on any atom is 0.146 e. The summed E-state index contributed by atoms with van der Waals surface area (Å²) >= 11 is 1.59. The van der Waals surface area contributed by atoms with Crippen LogP contribution in [0.3, 0.4) is 0 Å². The fraction of sp³-hybridized carbons (Fsp3) is 0.182. The van der Waals surface area contributed by atoms with Gasteiger partial charge in [0.2, 0.25) is 0 Å². The van der Waals surface area contributed by atoms with Crippen molar-refractivity contribution in [3.63, 3.8) is 0 Å². The SMILES string of the molecule is Cc1ccc(C(N)c2ccncc2F)s1. The molecule has 0 aliphatic carbocycles. The summed E-state index contributed by atoms with van der Waals surface area (Å²) in [6, 6.07) is 5.14. The predicted molar refractivity (Wildman–Crippen MR) is 59.3 cm³/mol. The Morgan fingerprint density at radius 3 is 2.80 bits per heavy atom. The van der Waals surface area contributed by atoms with E-state index in [1.54, 1.807) is 23.6 Å². The summed E-state index contributed by atoms with van der Waals surface area (Å²) in [5, 5.41) is 0. The van der Waals surface area contributed by atoms with Crippen LogP contribution in [0.4, 0.5) is 4.39 Å². The van der Waals surface area contributed by atoms with Crippen molar-refractivity contribution in [2.75, 3.05) is 0 Å². The highest BCUT2D eigenvalue weighted by molar-refractivity contribution is 7.12. The van der Waals surface area contributed by atoms with Gasteiger partial charge < -0.3 is 5.73 Å². The third kappa shape index (κ3) is 2.06. The van der Waals surface area contributed by atoms with Gasteiger partial charge in [-0.2, -0.15) is 0 Å². The number of nitrogens with two attached hydrogens (primary N) is 1. The molecule has 78 valence electrons. The Kier molecular flexibility index (Phi) is 2.79. The molecule has 4 heteroatoms. The van der Waals surface area contributed by atoms with E-state index in [1.807, 2.05) is 19.1 Å². The van der Waals surface area contributed by atoms with Crippen molar-refractivity contribution in [1.82, 2.24) is 4.98 Å². The van der Waals surface area contributed by atoms with Crippen LogP contribution in [0.1, 0.15) is 21.4 Å². The number of aryl methyl sites for hydroxylation is 1. The number of hydrogen-bond acceptors (Lipinski definition) is 3. The molecule has 2 rings (SSSR count). The van der Waals surface area contributed by atoms with Gasteiger partial charge in [0.05, 0.1) is 12.2 Å². The normalized spacial score (nSPS) is 12.7. The lowest BCUT2D eigenvalue weighted by atomic mass is 10.1. The van der Waals surface area contributed by atoms with Gasteiger partial charge in [-0.1, -0.05) is 0 Å². The quantitative estimate of drug-likeness (QED) is 0.848. The summed E-state index contributed by atoms with van der Waals surface area (Å²) in [6.45, 7) is 2.00. The molecule has 2 aromatic rings. The largest absolute Gasteiger partial charge is 0.320 e. The van der Waals surface area contributed by atoms with Gasteiger partial charge in [-0.3, -0.25) is 4.98 Å². The molecule has 2 nitrogen and oxygen atoms in total. The van der Waals surface area contributed by atoms with Gasteiger partial charge in [0.25, 0.3) is 0 Å². The first-order valence-corrected chi connectivity index (χ1v) is 5.41. The van der Waals surface area contributed by atoms with E-state index in [9.17, 15) is 4.39 Å². The number of halogens is 1. The van der Waals surface area contributed by atoms with E-state index in [4.69, 9.17) is 5.73 Å². The summed E-state index contributed by atoms with van der Waals surface area (Å²) < 4.78 is 13.4. The Labute approximate surface area is 91.6 Å². The van der Waals surface area contributed by atoms with Gasteiger partial charge in [0.1, 0.15) is 5.82 Å². The summed E-state index contributed by atoms with van der Waals surface area (Å²) in [4.78, 5) is 5.84. The molecule has 1 atom stereocenters. The zero-order valence-electron chi connectivity index (χ0n) is 8.27. The second-order valence-electron chi connectivity index (χ2n) is 3.32. The molecule has 0 aliphatic rings. The Morgan fingerprint density at radius 2 is 2.20 bits per heavy atom. The third-order valence-electron chi connectivity index (χ3n) is 2.21. The summed E-state index contributed by atoms with van der Waals surface area (Å²) in [5.74, 6) is -0.351. The second kappa shape index (κ2) is 4.08. The van der Waals surface area contributed by atoms with Crippen molar-refractivity contribution in [2.24, 2.45) is 5.73 Å². The maximum atomic E-state index is 13.4. The van der Waals surface area contributed by atoms with Crippen LogP contribution in [0.15, 0.2) is 30.6 Å². The minimum atomic E-state index is -0.397. The maximum absolute atomic E-state index is 13.4. The minimum absolute atomic E-state index is 0.351. The fourth-order valence-corrected chi connectivity index (χ4v) is 2.31. The van der Waals surface area contributed by atoms with E-state index >= 15 is 0 Å². The monoisotopic (exact) mass is 222 g/mol. The Bertz CT molecular complexity index is 467. The van der Waals surface area contributed by atoms with Crippen LogP contribution in [0, 0.1) is 12.7 Å². The minimum Gasteiger partial charge on any atom is -0.320 e. The van der Waals surface area contributed by atoms with Gasteiger partial charge in [-0.05, 0) is 25.1 Å². The first kappa shape index (κ1) is 10.3. The van der Waals surface area contributed by atoms with Crippen molar-refractivity contribution >= 4 is 11.3 Å². The lowest BCUT2D eigenvalue weighted by Gasteiger charge is -2.10. The highest BCUT2D eigenvalue weighted by atomic mass is 32.1. The Hall–Kier alpha value is -1.26. The Morgan fingerprint density at radius 1 is 1.40 bits per heavy atom. The number of aromatic nitrogens is 1.